The van der Waals surface area contributed by atoms with Gasteiger partial charge in [0.15, 0.2) is 0 Å². The third-order valence-corrected chi connectivity index (χ3v) is 5.37. The Morgan fingerprint density at radius 2 is 2.06 bits per heavy atom. The Morgan fingerprint density at radius 3 is 2.61 bits per heavy atom. The minimum absolute atomic E-state index is 0.292. The van der Waals surface area contributed by atoms with Crippen molar-refractivity contribution in [3.05, 3.63) is 54.1 Å². The van der Waals surface area contributed by atoms with Gasteiger partial charge in [0.25, 0.3) is 0 Å². The highest BCUT2D eigenvalue weighted by atomic mass is 79.9. The SMILES string of the molecule is CNC(Cc1ccc(Br)cc1Cl)c1cc(Br)cs1. The lowest BCUT2D eigenvalue weighted by Gasteiger charge is -2.15. The number of hydrogen-bond acceptors (Lipinski definition) is 2. The first kappa shape index (κ1) is 14.5. The molecule has 2 rings (SSSR count). The minimum Gasteiger partial charge on any atom is -0.312 e. The van der Waals surface area contributed by atoms with E-state index in [1.165, 1.54) is 4.88 Å². The van der Waals surface area contributed by atoms with Gasteiger partial charge in [-0.05, 0) is 53.2 Å². The van der Waals surface area contributed by atoms with Gasteiger partial charge in [-0.3, -0.25) is 0 Å². The van der Waals surface area contributed by atoms with Crippen LogP contribution in [0.15, 0.2) is 38.6 Å². The number of likely N-dealkylation sites (N-methyl/N-ethyl adjacent to an activating group) is 1. The van der Waals surface area contributed by atoms with Crippen LogP contribution in [0, 0.1) is 0 Å². The Labute approximate surface area is 133 Å². The highest BCUT2D eigenvalue weighted by molar-refractivity contribution is 9.10. The maximum atomic E-state index is 6.26. The van der Waals surface area contributed by atoms with E-state index in [1.54, 1.807) is 11.3 Å². The summed E-state index contributed by atoms with van der Waals surface area (Å²) in [4.78, 5) is 1.31. The van der Waals surface area contributed by atoms with Crippen molar-refractivity contribution in [2.75, 3.05) is 7.05 Å². The van der Waals surface area contributed by atoms with Gasteiger partial charge in [-0.1, -0.05) is 33.6 Å². The molecule has 1 heterocycles. The minimum atomic E-state index is 0.292. The van der Waals surface area contributed by atoms with Gasteiger partial charge in [0, 0.05) is 30.3 Å². The Bertz CT molecular complexity index is 542. The number of thiophene rings is 1. The van der Waals surface area contributed by atoms with Crippen LogP contribution in [0.4, 0.5) is 0 Å². The molecule has 0 saturated heterocycles. The number of halogens is 3. The van der Waals surface area contributed by atoms with Crippen LogP contribution >= 0.6 is 54.8 Å². The van der Waals surface area contributed by atoms with E-state index < -0.39 is 0 Å². The highest BCUT2D eigenvalue weighted by Gasteiger charge is 2.14. The van der Waals surface area contributed by atoms with Crippen molar-refractivity contribution < 1.29 is 0 Å². The van der Waals surface area contributed by atoms with Crippen molar-refractivity contribution in [1.29, 1.82) is 0 Å². The molecule has 0 spiro atoms. The third-order valence-electron chi connectivity index (χ3n) is 2.72. The van der Waals surface area contributed by atoms with Crippen molar-refractivity contribution in [2.24, 2.45) is 0 Å². The lowest BCUT2D eigenvalue weighted by Crippen LogP contribution is -2.17. The Balaban J connectivity index is 2.20. The van der Waals surface area contributed by atoms with Gasteiger partial charge in [0.1, 0.15) is 0 Å². The van der Waals surface area contributed by atoms with Gasteiger partial charge in [0.2, 0.25) is 0 Å². The van der Waals surface area contributed by atoms with Crippen molar-refractivity contribution in [2.45, 2.75) is 12.5 Å². The van der Waals surface area contributed by atoms with E-state index in [2.05, 4.69) is 54.7 Å². The first-order chi connectivity index (χ1) is 8.60. The summed E-state index contributed by atoms with van der Waals surface area (Å²) in [5, 5.41) is 6.25. The molecule has 1 N–H and O–H groups in total. The molecule has 1 atom stereocenters. The van der Waals surface area contributed by atoms with E-state index in [4.69, 9.17) is 11.6 Å². The topological polar surface area (TPSA) is 12.0 Å². The number of rotatable bonds is 4. The molecule has 2 aromatic rings. The summed E-state index contributed by atoms with van der Waals surface area (Å²) >= 11 is 14.9. The van der Waals surface area contributed by atoms with Crippen molar-refractivity contribution in [3.8, 4) is 0 Å². The van der Waals surface area contributed by atoms with Crippen LogP contribution < -0.4 is 5.32 Å². The maximum Gasteiger partial charge on any atom is 0.0454 e. The van der Waals surface area contributed by atoms with E-state index in [1.807, 2.05) is 19.2 Å². The zero-order valence-electron chi connectivity index (χ0n) is 9.71. The normalized spacial score (nSPS) is 12.7. The molecule has 0 aliphatic carbocycles. The molecule has 0 bridgehead atoms. The fourth-order valence-corrected chi connectivity index (χ4v) is 4.07. The summed E-state index contributed by atoms with van der Waals surface area (Å²) in [6, 6.07) is 8.48. The molecule has 0 fully saturated rings. The Kier molecular flexibility index (Phi) is 5.27. The van der Waals surface area contributed by atoms with Gasteiger partial charge >= 0.3 is 0 Å². The predicted molar refractivity (Wildman–Crippen MR) is 86.7 cm³/mol. The molecular weight excluding hydrogens is 397 g/mol. The Hall–Kier alpha value is 0.130. The van der Waals surface area contributed by atoms with E-state index in [9.17, 15) is 0 Å². The summed E-state index contributed by atoms with van der Waals surface area (Å²) in [6.45, 7) is 0. The van der Waals surface area contributed by atoms with Crippen LogP contribution in [-0.4, -0.2) is 7.05 Å². The molecular formula is C13H12Br2ClNS. The molecule has 1 unspecified atom stereocenters. The summed E-state index contributed by atoms with van der Waals surface area (Å²) in [5.41, 5.74) is 1.16. The molecule has 0 saturated carbocycles. The molecule has 0 aliphatic heterocycles. The number of nitrogens with one attached hydrogen (secondary N) is 1. The molecule has 5 heteroatoms. The van der Waals surface area contributed by atoms with Gasteiger partial charge < -0.3 is 5.32 Å². The van der Waals surface area contributed by atoms with Crippen LogP contribution in [0.25, 0.3) is 0 Å². The molecule has 1 aromatic carbocycles. The summed E-state index contributed by atoms with van der Waals surface area (Å²) < 4.78 is 2.14. The van der Waals surface area contributed by atoms with Crippen LogP contribution in [-0.2, 0) is 6.42 Å². The lowest BCUT2D eigenvalue weighted by atomic mass is 10.0. The summed E-state index contributed by atoms with van der Waals surface area (Å²) in [6.07, 6.45) is 0.884. The van der Waals surface area contributed by atoms with E-state index in [0.29, 0.717) is 6.04 Å². The molecule has 0 amide bonds. The van der Waals surface area contributed by atoms with E-state index in [-0.39, 0.29) is 0 Å². The van der Waals surface area contributed by atoms with Gasteiger partial charge in [-0.25, -0.2) is 0 Å². The monoisotopic (exact) mass is 407 g/mol. The van der Waals surface area contributed by atoms with E-state index in [0.717, 1.165) is 26.0 Å². The first-order valence-corrected chi connectivity index (χ1v) is 8.29. The van der Waals surface area contributed by atoms with Crippen LogP contribution in [0.1, 0.15) is 16.5 Å². The molecule has 0 radical (unpaired) electrons. The van der Waals surface area contributed by atoms with Crippen LogP contribution in [0.2, 0.25) is 5.02 Å². The molecule has 0 aliphatic rings. The average Bonchev–Trinajstić information content (AvgIpc) is 2.75. The van der Waals surface area contributed by atoms with Gasteiger partial charge in [-0.15, -0.1) is 11.3 Å². The van der Waals surface area contributed by atoms with Crippen molar-refractivity contribution in [3.63, 3.8) is 0 Å². The van der Waals surface area contributed by atoms with Crippen molar-refractivity contribution in [1.82, 2.24) is 5.32 Å². The second kappa shape index (κ2) is 6.53. The largest absolute Gasteiger partial charge is 0.312 e. The third kappa shape index (κ3) is 3.58. The molecule has 96 valence electrons. The highest BCUT2D eigenvalue weighted by Crippen LogP contribution is 2.30. The number of hydrogen-bond donors (Lipinski definition) is 1. The zero-order valence-corrected chi connectivity index (χ0v) is 14.5. The standard InChI is InChI=1S/C13H12Br2ClNS/c1-17-12(13-6-10(15)7-18-13)4-8-2-3-9(14)5-11(8)16/h2-3,5-7,12,17H,4H2,1H3. The second-order valence-electron chi connectivity index (χ2n) is 3.95. The van der Waals surface area contributed by atoms with Gasteiger partial charge in [-0.2, -0.15) is 0 Å². The molecule has 1 aromatic heterocycles. The Morgan fingerprint density at radius 1 is 1.28 bits per heavy atom. The van der Waals surface area contributed by atoms with Crippen LogP contribution in [0.5, 0.6) is 0 Å². The first-order valence-electron chi connectivity index (χ1n) is 5.45. The van der Waals surface area contributed by atoms with Crippen molar-refractivity contribution >= 4 is 54.8 Å². The fourth-order valence-electron chi connectivity index (χ4n) is 1.76. The van der Waals surface area contributed by atoms with Crippen LogP contribution in [0.3, 0.4) is 0 Å². The van der Waals surface area contributed by atoms with Gasteiger partial charge in [0.05, 0.1) is 0 Å². The molecule has 18 heavy (non-hydrogen) atoms. The average molecular weight is 410 g/mol. The zero-order chi connectivity index (χ0) is 13.1. The predicted octanol–water partition coefficient (Wildman–Crippen LogP) is 5.43. The fraction of sp³-hybridized carbons (Fsp3) is 0.231. The number of benzene rings is 1. The quantitative estimate of drug-likeness (QED) is 0.710. The second-order valence-corrected chi connectivity index (χ2v) is 7.13. The maximum absolute atomic E-state index is 6.26. The summed E-state index contributed by atoms with van der Waals surface area (Å²) in [7, 11) is 1.98. The lowest BCUT2D eigenvalue weighted by molar-refractivity contribution is 0.602. The molecule has 1 nitrogen and oxygen atoms in total. The van der Waals surface area contributed by atoms with E-state index >= 15 is 0 Å². The smallest absolute Gasteiger partial charge is 0.0454 e. The summed E-state index contributed by atoms with van der Waals surface area (Å²) in [5.74, 6) is 0.